The molecule has 0 fully saturated rings. The van der Waals surface area contributed by atoms with Gasteiger partial charge in [-0.25, -0.2) is 4.98 Å². The number of amides is 2. The number of hydrogen-bond donors (Lipinski definition) is 2. The molecule has 4 rings (SSSR count). The molecule has 34 heavy (non-hydrogen) atoms. The van der Waals surface area contributed by atoms with Gasteiger partial charge in [0.05, 0.1) is 23.8 Å². The van der Waals surface area contributed by atoms with Crippen LogP contribution in [0.1, 0.15) is 17.3 Å². The van der Waals surface area contributed by atoms with Gasteiger partial charge < -0.3 is 15.4 Å². The van der Waals surface area contributed by atoms with Gasteiger partial charge in [0.1, 0.15) is 12.3 Å². The van der Waals surface area contributed by atoms with Crippen LogP contribution < -0.4 is 20.9 Å². The highest BCUT2D eigenvalue weighted by molar-refractivity contribution is 6.31. The normalized spacial score (nSPS) is 10.6. The van der Waals surface area contributed by atoms with E-state index in [4.69, 9.17) is 16.3 Å². The van der Waals surface area contributed by atoms with Crippen LogP contribution in [0.2, 0.25) is 5.02 Å². The fourth-order valence-corrected chi connectivity index (χ4v) is 3.48. The van der Waals surface area contributed by atoms with E-state index in [9.17, 15) is 14.4 Å². The SMILES string of the molecule is CCOc1ccc(NC(=O)c2ccc(NC(=O)Cn3cnc4ccc(Cl)cc4c3=O)cc2)cc1. The number of ether oxygens (including phenoxy) is 1. The van der Waals surface area contributed by atoms with Crippen LogP contribution >= 0.6 is 11.6 Å². The van der Waals surface area contributed by atoms with Crippen LogP contribution in [0.4, 0.5) is 11.4 Å². The Labute approximate surface area is 200 Å². The second-order valence-corrected chi connectivity index (χ2v) is 7.81. The highest BCUT2D eigenvalue weighted by atomic mass is 35.5. The topological polar surface area (TPSA) is 102 Å². The van der Waals surface area contributed by atoms with Crippen LogP contribution in [-0.2, 0) is 11.3 Å². The van der Waals surface area contributed by atoms with Gasteiger partial charge in [0.25, 0.3) is 11.5 Å². The van der Waals surface area contributed by atoms with Crippen LogP contribution in [0.15, 0.2) is 77.9 Å². The molecule has 4 aromatic rings. The summed E-state index contributed by atoms with van der Waals surface area (Å²) in [6, 6.07) is 18.3. The fourth-order valence-electron chi connectivity index (χ4n) is 3.31. The molecule has 0 aliphatic rings. The summed E-state index contributed by atoms with van der Waals surface area (Å²) in [4.78, 5) is 41.8. The summed E-state index contributed by atoms with van der Waals surface area (Å²) >= 11 is 5.97. The molecule has 0 atom stereocenters. The minimum Gasteiger partial charge on any atom is -0.494 e. The predicted octanol–water partition coefficient (Wildman–Crippen LogP) is 4.34. The van der Waals surface area contributed by atoms with Gasteiger partial charge in [0.2, 0.25) is 5.91 Å². The summed E-state index contributed by atoms with van der Waals surface area (Å²) in [5, 5.41) is 6.28. The summed E-state index contributed by atoms with van der Waals surface area (Å²) in [5.41, 5.74) is 1.71. The van der Waals surface area contributed by atoms with Crippen molar-refractivity contribution in [2.75, 3.05) is 17.2 Å². The number of rotatable bonds is 7. The van der Waals surface area contributed by atoms with E-state index < -0.39 is 5.91 Å². The third-order valence-corrected chi connectivity index (χ3v) is 5.19. The van der Waals surface area contributed by atoms with Crippen LogP contribution in [-0.4, -0.2) is 28.0 Å². The van der Waals surface area contributed by atoms with Crippen LogP contribution in [0.3, 0.4) is 0 Å². The molecule has 9 heteroatoms. The Morgan fingerprint density at radius 2 is 1.65 bits per heavy atom. The van der Waals surface area contributed by atoms with E-state index in [-0.39, 0.29) is 18.0 Å². The Kier molecular flexibility index (Phi) is 6.89. The van der Waals surface area contributed by atoms with Gasteiger partial charge in [0, 0.05) is 22.0 Å². The van der Waals surface area contributed by atoms with Crippen molar-refractivity contribution in [3.05, 3.63) is 94.0 Å². The molecule has 172 valence electrons. The Morgan fingerprint density at radius 3 is 2.35 bits per heavy atom. The maximum Gasteiger partial charge on any atom is 0.261 e. The molecular formula is C25H21ClN4O4. The van der Waals surface area contributed by atoms with E-state index in [1.165, 1.54) is 17.0 Å². The van der Waals surface area contributed by atoms with Crippen molar-refractivity contribution in [3.63, 3.8) is 0 Å². The first kappa shape index (κ1) is 23.0. The van der Waals surface area contributed by atoms with Crippen molar-refractivity contribution in [1.82, 2.24) is 9.55 Å². The average molecular weight is 477 g/mol. The number of anilines is 2. The lowest BCUT2D eigenvalue weighted by Crippen LogP contribution is -2.27. The standard InChI is InChI=1S/C25H21ClN4O4/c1-2-34-20-10-8-19(9-11-20)29-24(32)16-3-6-18(7-4-16)28-23(31)14-30-15-27-22-12-5-17(26)13-21(22)25(30)33/h3-13,15H,2,14H2,1H3,(H,28,31)(H,29,32). The largest absolute Gasteiger partial charge is 0.494 e. The number of fused-ring (bicyclic) bond motifs is 1. The van der Waals surface area contributed by atoms with E-state index in [0.717, 1.165) is 5.75 Å². The number of carbonyl (C=O) groups excluding carboxylic acids is 2. The number of carbonyl (C=O) groups is 2. The number of nitrogens with zero attached hydrogens (tertiary/aromatic N) is 2. The van der Waals surface area contributed by atoms with Gasteiger partial charge in [-0.2, -0.15) is 0 Å². The predicted molar refractivity (Wildman–Crippen MR) is 132 cm³/mol. The van der Waals surface area contributed by atoms with E-state index >= 15 is 0 Å². The summed E-state index contributed by atoms with van der Waals surface area (Å²) in [7, 11) is 0. The van der Waals surface area contributed by atoms with Gasteiger partial charge in [-0.1, -0.05) is 11.6 Å². The van der Waals surface area contributed by atoms with E-state index in [1.807, 2.05) is 6.92 Å². The van der Waals surface area contributed by atoms with Gasteiger partial charge in [-0.3, -0.25) is 19.0 Å². The first-order valence-electron chi connectivity index (χ1n) is 10.5. The van der Waals surface area contributed by atoms with Crippen molar-refractivity contribution >= 4 is 45.7 Å². The first-order valence-corrected chi connectivity index (χ1v) is 10.9. The molecule has 0 unspecified atom stereocenters. The smallest absolute Gasteiger partial charge is 0.261 e. The van der Waals surface area contributed by atoms with Crippen LogP contribution in [0.5, 0.6) is 5.75 Å². The summed E-state index contributed by atoms with van der Waals surface area (Å²) in [6.07, 6.45) is 1.33. The molecule has 0 bridgehead atoms. The Balaban J connectivity index is 1.38. The number of benzene rings is 3. The van der Waals surface area contributed by atoms with Crippen molar-refractivity contribution in [2.24, 2.45) is 0 Å². The molecular weight excluding hydrogens is 456 g/mol. The summed E-state index contributed by atoms with van der Waals surface area (Å²) in [6.45, 7) is 2.26. The van der Waals surface area contributed by atoms with Gasteiger partial charge in [-0.05, 0) is 73.7 Å². The second kappa shape index (κ2) is 10.2. The van der Waals surface area contributed by atoms with Crippen LogP contribution in [0, 0.1) is 0 Å². The van der Waals surface area contributed by atoms with E-state index in [1.54, 1.807) is 60.7 Å². The Hall–Kier alpha value is -4.17. The molecule has 2 N–H and O–H groups in total. The summed E-state index contributed by atoms with van der Waals surface area (Å²) < 4.78 is 6.60. The Morgan fingerprint density at radius 1 is 0.971 bits per heavy atom. The van der Waals surface area contributed by atoms with E-state index in [0.29, 0.717) is 39.5 Å². The maximum absolute atomic E-state index is 12.6. The second-order valence-electron chi connectivity index (χ2n) is 7.38. The monoisotopic (exact) mass is 476 g/mol. The zero-order valence-corrected chi connectivity index (χ0v) is 19.0. The number of hydrogen-bond acceptors (Lipinski definition) is 5. The third kappa shape index (κ3) is 5.41. The lowest BCUT2D eigenvalue weighted by Gasteiger charge is -2.10. The maximum atomic E-state index is 12.6. The third-order valence-electron chi connectivity index (χ3n) is 4.95. The Bertz CT molecular complexity index is 1400. The lowest BCUT2D eigenvalue weighted by molar-refractivity contribution is -0.116. The van der Waals surface area contributed by atoms with Crippen molar-refractivity contribution in [3.8, 4) is 5.75 Å². The lowest BCUT2D eigenvalue weighted by atomic mass is 10.2. The number of halogens is 1. The van der Waals surface area contributed by atoms with Gasteiger partial charge in [-0.15, -0.1) is 0 Å². The highest BCUT2D eigenvalue weighted by Crippen LogP contribution is 2.18. The molecule has 0 spiro atoms. The van der Waals surface area contributed by atoms with Crippen molar-refractivity contribution in [1.29, 1.82) is 0 Å². The minimum atomic E-state index is -0.406. The minimum absolute atomic E-state index is 0.214. The molecule has 1 aromatic heterocycles. The van der Waals surface area contributed by atoms with Gasteiger partial charge in [0.15, 0.2) is 0 Å². The molecule has 3 aromatic carbocycles. The zero-order chi connectivity index (χ0) is 24.1. The molecule has 8 nitrogen and oxygen atoms in total. The molecule has 0 saturated carbocycles. The van der Waals surface area contributed by atoms with Crippen molar-refractivity contribution in [2.45, 2.75) is 13.5 Å². The fraction of sp³-hybridized carbons (Fsp3) is 0.120. The average Bonchev–Trinajstić information content (AvgIpc) is 2.83. The highest BCUT2D eigenvalue weighted by Gasteiger charge is 2.11. The number of aromatic nitrogens is 2. The summed E-state index contributed by atoms with van der Waals surface area (Å²) in [5.74, 6) is 0.0393. The van der Waals surface area contributed by atoms with Gasteiger partial charge >= 0.3 is 0 Å². The molecule has 0 radical (unpaired) electrons. The van der Waals surface area contributed by atoms with E-state index in [2.05, 4.69) is 15.6 Å². The first-order chi connectivity index (χ1) is 16.4. The van der Waals surface area contributed by atoms with Crippen LogP contribution in [0.25, 0.3) is 10.9 Å². The quantitative estimate of drug-likeness (QED) is 0.413. The molecule has 0 aliphatic heterocycles. The molecule has 1 heterocycles. The van der Waals surface area contributed by atoms with Crippen molar-refractivity contribution < 1.29 is 14.3 Å². The number of nitrogens with one attached hydrogen (secondary N) is 2. The molecule has 0 saturated heterocycles. The molecule has 2 amide bonds. The zero-order valence-electron chi connectivity index (χ0n) is 18.2. The molecule has 0 aliphatic carbocycles.